The smallest absolute Gasteiger partial charge is 0.264 e. The van der Waals surface area contributed by atoms with E-state index in [1.807, 2.05) is 55.5 Å². The molecule has 1 N–H and O–H groups in total. The summed E-state index contributed by atoms with van der Waals surface area (Å²) in [6.45, 7) is 2.01. The number of rotatable bonds is 4. The topological polar surface area (TPSA) is 73.2 Å². The zero-order valence-electron chi connectivity index (χ0n) is 15.1. The predicted molar refractivity (Wildman–Crippen MR) is 107 cm³/mol. The Morgan fingerprint density at radius 1 is 1.19 bits per heavy atom. The van der Waals surface area contributed by atoms with Crippen molar-refractivity contribution in [2.24, 2.45) is 0 Å². The van der Waals surface area contributed by atoms with E-state index in [-0.39, 0.29) is 11.5 Å². The SMILES string of the molecule is CNC(=O)/C(C#N)=C1/S[C@H](Cc2ccc(C)cc2)C(=O)N1c1ccccc1. The van der Waals surface area contributed by atoms with Gasteiger partial charge in [0.1, 0.15) is 16.7 Å². The molecule has 0 unspecified atom stereocenters. The molecule has 136 valence electrons. The Labute approximate surface area is 162 Å². The van der Waals surface area contributed by atoms with E-state index in [0.717, 1.165) is 11.1 Å². The van der Waals surface area contributed by atoms with Crippen LogP contribution in [0.15, 0.2) is 65.2 Å². The molecule has 2 aromatic rings. The summed E-state index contributed by atoms with van der Waals surface area (Å²) >= 11 is 1.27. The van der Waals surface area contributed by atoms with Gasteiger partial charge in [-0.05, 0) is 31.0 Å². The molecule has 1 atom stereocenters. The maximum Gasteiger partial charge on any atom is 0.264 e. The number of aryl methyl sites for hydroxylation is 1. The lowest BCUT2D eigenvalue weighted by Gasteiger charge is -2.18. The van der Waals surface area contributed by atoms with Gasteiger partial charge in [-0.2, -0.15) is 5.26 Å². The number of carbonyl (C=O) groups is 2. The second kappa shape index (κ2) is 8.11. The van der Waals surface area contributed by atoms with Gasteiger partial charge in [-0.25, -0.2) is 0 Å². The Hall–Kier alpha value is -3.04. The molecule has 0 aromatic heterocycles. The van der Waals surface area contributed by atoms with Crippen LogP contribution in [0, 0.1) is 18.3 Å². The minimum Gasteiger partial charge on any atom is -0.354 e. The molecule has 3 rings (SSSR count). The van der Waals surface area contributed by atoms with Crippen LogP contribution in [0.2, 0.25) is 0 Å². The number of para-hydroxylation sites is 1. The van der Waals surface area contributed by atoms with Gasteiger partial charge in [0, 0.05) is 12.7 Å². The quantitative estimate of drug-likeness (QED) is 0.656. The van der Waals surface area contributed by atoms with Gasteiger partial charge >= 0.3 is 0 Å². The molecule has 27 heavy (non-hydrogen) atoms. The Kier molecular flexibility index (Phi) is 5.63. The van der Waals surface area contributed by atoms with Crippen LogP contribution in [0.4, 0.5) is 5.69 Å². The first-order valence-electron chi connectivity index (χ1n) is 8.53. The van der Waals surface area contributed by atoms with E-state index in [1.165, 1.54) is 23.7 Å². The predicted octanol–water partition coefficient (Wildman–Crippen LogP) is 3.17. The number of amides is 2. The standard InChI is InChI=1S/C21H19N3O2S/c1-14-8-10-15(11-9-14)12-18-20(26)24(16-6-4-3-5-7-16)21(27-18)17(13-22)19(25)23-2/h3-11,18H,12H2,1-2H3,(H,23,25)/b21-17+/t18-/m1/s1. The van der Waals surface area contributed by atoms with Crippen molar-refractivity contribution >= 4 is 29.3 Å². The van der Waals surface area contributed by atoms with Crippen LogP contribution in [-0.2, 0) is 16.0 Å². The summed E-state index contributed by atoms with van der Waals surface area (Å²) in [5, 5.41) is 12.0. The Balaban J connectivity index is 2.02. The van der Waals surface area contributed by atoms with Crippen LogP contribution in [-0.4, -0.2) is 24.1 Å². The normalized spacial score (nSPS) is 18.2. The van der Waals surface area contributed by atoms with E-state index >= 15 is 0 Å². The van der Waals surface area contributed by atoms with Gasteiger partial charge < -0.3 is 5.32 Å². The Bertz CT molecular complexity index is 930. The summed E-state index contributed by atoms with van der Waals surface area (Å²) < 4.78 is 0. The largest absolute Gasteiger partial charge is 0.354 e. The fourth-order valence-corrected chi connectivity index (χ4v) is 4.17. The number of carbonyl (C=O) groups excluding carboxylic acids is 2. The maximum absolute atomic E-state index is 13.1. The minimum atomic E-state index is -0.496. The number of nitrogens with zero attached hydrogens (tertiary/aromatic N) is 2. The molecule has 0 saturated carbocycles. The van der Waals surface area contributed by atoms with E-state index in [1.54, 1.807) is 12.1 Å². The molecule has 0 radical (unpaired) electrons. The molecule has 2 amide bonds. The average Bonchev–Trinajstić information content (AvgIpc) is 3.00. The lowest BCUT2D eigenvalue weighted by molar-refractivity contribution is -0.117. The number of benzene rings is 2. The summed E-state index contributed by atoms with van der Waals surface area (Å²) in [6.07, 6.45) is 0.531. The van der Waals surface area contributed by atoms with Crippen LogP contribution in [0.5, 0.6) is 0 Å². The number of nitrogens with one attached hydrogen (secondary N) is 1. The molecule has 0 aliphatic carbocycles. The highest BCUT2D eigenvalue weighted by atomic mass is 32.2. The van der Waals surface area contributed by atoms with Crippen LogP contribution >= 0.6 is 11.8 Å². The average molecular weight is 377 g/mol. The first-order valence-corrected chi connectivity index (χ1v) is 9.40. The minimum absolute atomic E-state index is 0.0499. The van der Waals surface area contributed by atoms with Crippen LogP contribution in [0.1, 0.15) is 11.1 Å². The molecule has 5 nitrogen and oxygen atoms in total. The molecule has 0 bridgehead atoms. The van der Waals surface area contributed by atoms with Crippen LogP contribution in [0.3, 0.4) is 0 Å². The fourth-order valence-electron chi connectivity index (χ4n) is 2.86. The maximum atomic E-state index is 13.1. The van der Waals surface area contributed by atoms with E-state index in [0.29, 0.717) is 17.1 Å². The van der Waals surface area contributed by atoms with Gasteiger partial charge in [0.2, 0.25) is 5.91 Å². The van der Waals surface area contributed by atoms with Crippen LogP contribution in [0.25, 0.3) is 0 Å². The monoisotopic (exact) mass is 377 g/mol. The molecular formula is C21H19N3O2S. The molecule has 6 heteroatoms. The van der Waals surface area contributed by atoms with Crippen molar-refractivity contribution in [1.82, 2.24) is 5.32 Å². The second-order valence-electron chi connectivity index (χ2n) is 6.18. The van der Waals surface area contributed by atoms with Gasteiger partial charge in [0.15, 0.2) is 0 Å². The number of hydrogen-bond donors (Lipinski definition) is 1. The molecule has 0 spiro atoms. The van der Waals surface area contributed by atoms with Crippen LogP contribution < -0.4 is 10.2 Å². The highest BCUT2D eigenvalue weighted by Crippen LogP contribution is 2.41. The first-order chi connectivity index (χ1) is 13.0. The summed E-state index contributed by atoms with van der Waals surface area (Å²) in [7, 11) is 1.47. The van der Waals surface area contributed by atoms with Gasteiger partial charge in [-0.3, -0.25) is 14.5 Å². The summed E-state index contributed by atoms with van der Waals surface area (Å²) in [5.74, 6) is -0.622. The molecule has 1 aliphatic heterocycles. The van der Waals surface area contributed by atoms with Crippen molar-refractivity contribution in [3.63, 3.8) is 0 Å². The van der Waals surface area contributed by atoms with Gasteiger partial charge in [-0.1, -0.05) is 59.8 Å². The zero-order chi connectivity index (χ0) is 19.4. The number of anilines is 1. The molecule has 1 heterocycles. The molecular weight excluding hydrogens is 358 g/mol. The zero-order valence-corrected chi connectivity index (χ0v) is 15.9. The summed E-state index contributed by atoms with van der Waals surface area (Å²) in [5.41, 5.74) is 2.79. The van der Waals surface area contributed by atoms with Crippen molar-refractivity contribution < 1.29 is 9.59 Å². The van der Waals surface area contributed by atoms with E-state index in [9.17, 15) is 14.9 Å². The third-order valence-corrected chi connectivity index (χ3v) is 5.55. The molecule has 1 saturated heterocycles. The Morgan fingerprint density at radius 3 is 2.44 bits per heavy atom. The van der Waals surface area contributed by atoms with Crippen molar-refractivity contribution in [1.29, 1.82) is 5.26 Å². The summed E-state index contributed by atoms with van der Waals surface area (Å²) in [4.78, 5) is 26.8. The van der Waals surface area contributed by atoms with Gasteiger partial charge in [-0.15, -0.1) is 0 Å². The van der Waals surface area contributed by atoms with Gasteiger partial charge in [0.05, 0.1) is 5.25 Å². The van der Waals surface area contributed by atoms with Crippen molar-refractivity contribution in [2.45, 2.75) is 18.6 Å². The van der Waals surface area contributed by atoms with E-state index in [2.05, 4.69) is 5.32 Å². The lowest BCUT2D eigenvalue weighted by atomic mass is 10.1. The molecule has 1 aliphatic rings. The number of hydrogen-bond acceptors (Lipinski definition) is 4. The third-order valence-electron chi connectivity index (χ3n) is 4.29. The fraction of sp³-hybridized carbons (Fsp3) is 0.190. The third kappa shape index (κ3) is 3.88. The first kappa shape index (κ1) is 18.7. The lowest BCUT2D eigenvalue weighted by Crippen LogP contribution is -2.31. The molecule has 1 fully saturated rings. The number of likely N-dealkylation sites (N-methyl/N-ethyl adjacent to an activating group) is 1. The highest BCUT2D eigenvalue weighted by Gasteiger charge is 2.40. The number of thioether (sulfide) groups is 1. The highest BCUT2D eigenvalue weighted by molar-refractivity contribution is 8.05. The molecule has 2 aromatic carbocycles. The van der Waals surface area contributed by atoms with E-state index < -0.39 is 11.2 Å². The number of nitriles is 1. The van der Waals surface area contributed by atoms with Gasteiger partial charge in [0.25, 0.3) is 5.91 Å². The van der Waals surface area contributed by atoms with E-state index in [4.69, 9.17) is 0 Å². The Morgan fingerprint density at radius 2 is 1.85 bits per heavy atom. The summed E-state index contributed by atoms with van der Waals surface area (Å²) in [6, 6.07) is 19.1. The van der Waals surface area contributed by atoms with Crippen molar-refractivity contribution in [3.05, 3.63) is 76.3 Å². The van der Waals surface area contributed by atoms with Crippen molar-refractivity contribution in [2.75, 3.05) is 11.9 Å². The second-order valence-corrected chi connectivity index (χ2v) is 7.37. The van der Waals surface area contributed by atoms with Crippen molar-refractivity contribution in [3.8, 4) is 6.07 Å².